The van der Waals surface area contributed by atoms with Crippen LogP contribution in [0.1, 0.15) is 12.0 Å². The summed E-state index contributed by atoms with van der Waals surface area (Å²) in [4.78, 5) is 2.28. The first-order valence-electron chi connectivity index (χ1n) is 9.70. The van der Waals surface area contributed by atoms with Gasteiger partial charge in [0.15, 0.2) is 11.5 Å². The van der Waals surface area contributed by atoms with Gasteiger partial charge in [-0.2, -0.15) is 4.31 Å². The Morgan fingerprint density at radius 3 is 2.57 bits per heavy atom. The van der Waals surface area contributed by atoms with Gasteiger partial charge in [0.1, 0.15) is 12.4 Å². The smallest absolute Gasteiger partial charge is 0.243 e. The topological polar surface area (TPSA) is 68.3 Å². The van der Waals surface area contributed by atoms with Crippen LogP contribution in [-0.2, 0) is 10.0 Å². The van der Waals surface area contributed by atoms with Gasteiger partial charge in [-0.1, -0.05) is 17.7 Å². The van der Waals surface area contributed by atoms with Gasteiger partial charge in [-0.25, -0.2) is 8.42 Å². The Morgan fingerprint density at radius 1 is 1.00 bits per heavy atom. The highest BCUT2D eigenvalue weighted by Gasteiger charge is 2.29. The molecule has 2 aromatic rings. The summed E-state index contributed by atoms with van der Waals surface area (Å²) in [5, 5.41) is 0.569. The number of likely N-dealkylation sites (N-methyl/N-ethyl adjacent to an activating group) is 1. The van der Waals surface area contributed by atoms with E-state index in [0.717, 1.165) is 23.4 Å². The fraction of sp³-hybridized carbons (Fsp3) is 0.333. The first-order valence-corrected chi connectivity index (χ1v) is 11.5. The zero-order chi connectivity index (χ0) is 20.9. The first kappa shape index (κ1) is 19.5. The summed E-state index contributed by atoms with van der Waals surface area (Å²) in [6.45, 7) is 2.16. The normalized spacial score (nSPS) is 18.6. The van der Waals surface area contributed by atoms with Gasteiger partial charge in [0, 0.05) is 26.2 Å². The molecule has 7 nitrogen and oxygen atoms in total. The van der Waals surface area contributed by atoms with Crippen LogP contribution in [0.15, 0.2) is 41.3 Å². The summed E-state index contributed by atoms with van der Waals surface area (Å²) in [7, 11) is -1.68. The third-order valence-corrected chi connectivity index (χ3v) is 7.82. The van der Waals surface area contributed by atoms with Crippen molar-refractivity contribution in [2.24, 2.45) is 0 Å². The zero-order valence-corrected chi connectivity index (χ0v) is 18.0. The fourth-order valence-corrected chi connectivity index (χ4v) is 5.59. The number of hydrogen-bond donors (Lipinski definition) is 0. The van der Waals surface area contributed by atoms with Crippen LogP contribution in [0.5, 0.6) is 17.2 Å². The van der Waals surface area contributed by atoms with E-state index < -0.39 is 10.0 Å². The van der Waals surface area contributed by atoms with Crippen molar-refractivity contribution in [1.29, 1.82) is 0 Å². The Morgan fingerprint density at radius 2 is 1.80 bits per heavy atom. The molecule has 3 aliphatic rings. The molecular weight excluding hydrogens is 428 g/mol. The van der Waals surface area contributed by atoms with Crippen LogP contribution in [0, 0.1) is 0 Å². The maximum atomic E-state index is 13.2. The van der Waals surface area contributed by atoms with Gasteiger partial charge in [0.2, 0.25) is 16.8 Å². The molecule has 30 heavy (non-hydrogen) atoms. The molecule has 0 saturated carbocycles. The predicted molar refractivity (Wildman–Crippen MR) is 114 cm³/mol. The minimum absolute atomic E-state index is 0.182. The molecule has 2 aromatic carbocycles. The van der Waals surface area contributed by atoms with Crippen molar-refractivity contribution in [3.05, 3.63) is 47.0 Å². The van der Waals surface area contributed by atoms with Gasteiger partial charge in [-0.3, -0.25) is 0 Å². The second-order valence-electron chi connectivity index (χ2n) is 7.43. The highest BCUT2D eigenvalue weighted by Crippen LogP contribution is 2.41. The number of sulfonamides is 1. The average molecular weight is 449 g/mol. The third-order valence-electron chi connectivity index (χ3n) is 5.64. The molecule has 0 bridgehead atoms. The standard InChI is InChI=1S/C21H21ClN2O5S/c1-23-8-9-27-19-3-2-15(10-18(19)23)30(25,26)24-6-4-14(5-7-24)16-11-20-21(12-17(16)22)29-13-28-20/h2-4,10-12H,5-9,13H2,1H3. The Hall–Kier alpha value is -2.42. The van der Waals surface area contributed by atoms with Crippen LogP contribution in [0.4, 0.5) is 5.69 Å². The molecule has 0 unspecified atom stereocenters. The number of anilines is 1. The van der Waals surface area contributed by atoms with Crippen molar-refractivity contribution >= 4 is 32.9 Å². The Balaban J connectivity index is 1.40. The van der Waals surface area contributed by atoms with E-state index in [1.807, 2.05) is 24.1 Å². The number of nitrogens with zero attached hydrogens (tertiary/aromatic N) is 2. The lowest BCUT2D eigenvalue weighted by atomic mass is 10.00. The number of fused-ring (bicyclic) bond motifs is 2. The quantitative estimate of drug-likeness (QED) is 0.717. The molecule has 3 aliphatic heterocycles. The van der Waals surface area contributed by atoms with E-state index in [9.17, 15) is 8.42 Å². The average Bonchev–Trinajstić information content (AvgIpc) is 3.20. The summed E-state index contributed by atoms with van der Waals surface area (Å²) in [6, 6.07) is 8.64. The highest BCUT2D eigenvalue weighted by atomic mass is 35.5. The van der Waals surface area contributed by atoms with Gasteiger partial charge in [-0.15, -0.1) is 0 Å². The van der Waals surface area contributed by atoms with Gasteiger partial charge in [-0.05, 0) is 41.8 Å². The number of halogens is 1. The molecule has 0 atom stereocenters. The first-order chi connectivity index (χ1) is 14.4. The second-order valence-corrected chi connectivity index (χ2v) is 9.77. The Bertz CT molecular complexity index is 1150. The molecule has 3 heterocycles. The second kappa shape index (κ2) is 7.37. The van der Waals surface area contributed by atoms with E-state index in [0.29, 0.717) is 41.8 Å². The summed E-state index contributed by atoms with van der Waals surface area (Å²) in [6.07, 6.45) is 2.48. The van der Waals surface area contributed by atoms with Gasteiger partial charge in [0.25, 0.3) is 0 Å². The van der Waals surface area contributed by atoms with Crippen molar-refractivity contribution < 1.29 is 22.6 Å². The zero-order valence-electron chi connectivity index (χ0n) is 16.4. The van der Waals surface area contributed by atoms with Crippen LogP contribution in [0.25, 0.3) is 5.57 Å². The van der Waals surface area contributed by atoms with Crippen LogP contribution >= 0.6 is 11.6 Å². The lowest BCUT2D eigenvalue weighted by molar-refractivity contribution is 0.174. The molecule has 9 heteroatoms. The molecule has 0 aliphatic carbocycles. The van der Waals surface area contributed by atoms with E-state index in [1.165, 1.54) is 4.31 Å². The van der Waals surface area contributed by atoms with Crippen molar-refractivity contribution in [3.63, 3.8) is 0 Å². The molecule has 0 saturated heterocycles. The van der Waals surface area contributed by atoms with Crippen molar-refractivity contribution in [2.75, 3.05) is 45.0 Å². The Labute approximate surface area is 180 Å². The van der Waals surface area contributed by atoms with Gasteiger partial charge >= 0.3 is 0 Å². The minimum Gasteiger partial charge on any atom is -0.490 e. The van der Waals surface area contributed by atoms with Crippen LogP contribution < -0.4 is 19.1 Å². The highest BCUT2D eigenvalue weighted by molar-refractivity contribution is 7.89. The number of ether oxygens (including phenoxy) is 3. The van der Waals surface area contributed by atoms with Crippen molar-refractivity contribution in [2.45, 2.75) is 11.3 Å². The summed E-state index contributed by atoms with van der Waals surface area (Å²) < 4.78 is 44.3. The van der Waals surface area contributed by atoms with Crippen LogP contribution in [0.3, 0.4) is 0 Å². The van der Waals surface area contributed by atoms with E-state index >= 15 is 0 Å². The molecule has 0 amide bonds. The summed E-state index contributed by atoms with van der Waals surface area (Å²) in [5.74, 6) is 2.00. The molecule has 0 radical (unpaired) electrons. The molecular formula is C21H21ClN2O5S. The maximum Gasteiger partial charge on any atom is 0.243 e. The van der Waals surface area contributed by atoms with E-state index in [2.05, 4.69) is 0 Å². The molecule has 0 aromatic heterocycles. The lowest BCUT2D eigenvalue weighted by Gasteiger charge is -2.29. The maximum absolute atomic E-state index is 13.2. The number of rotatable bonds is 3. The lowest BCUT2D eigenvalue weighted by Crippen LogP contribution is -2.35. The fourth-order valence-electron chi connectivity index (χ4n) is 3.92. The number of hydrogen-bond acceptors (Lipinski definition) is 6. The SMILES string of the molecule is CN1CCOc2ccc(S(=O)(=O)N3CC=C(c4cc5c(cc4Cl)OCO5)CC3)cc21. The summed E-state index contributed by atoms with van der Waals surface area (Å²) in [5.41, 5.74) is 2.65. The largest absolute Gasteiger partial charge is 0.490 e. The van der Waals surface area contributed by atoms with Crippen molar-refractivity contribution in [3.8, 4) is 17.2 Å². The summed E-state index contributed by atoms with van der Waals surface area (Å²) >= 11 is 6.42. The monoisotopic (exact) mass is 448 g/mol. The molecule has 0 fully saturated rings. The van der Waals surface area contributed by atoms with Crippen molar-refractivity contribution in [1.82, 2.24) is 4.31 Å². The third kappa shape index (κ3) is 3.29. The van der Waals surface area contributed by atoms with Gasteiger partial charge < -0.3 is 19.1 Å². The van der Waals surface area contributed by atoms with E-state index in [1.54, 1.807) is 24.3 Å². The molecule has 0 N–H and O–H groups in total. The molecule has 158 valence electrons. The van der Waals surface area contributed by atoms with Crippen LogP contribution in [0.2, 0.25) is 5.02 Å². The Kier molecular flexibility index (Phi) is 4.80. The van der Waals surface area contributed by atoms with E-state index in [-0.39, 0.29) is 18.2 Å². The number of benzene rings is 2. The van der Waals surface area contributed by atoms with E-state index in [4.69, 9.17) is 25.8 Å². The van der Waals surface area contributed by atoms with Gasteiger partial charge in [0.05, 0.1) is 22.2 Å². The predicted octanol–water partition coefficient (Wildman–Crippen LogP) is 3.38. The molecule has 5 rings (SSSR count). The minimum atomic E-state index is -3.62. The molecule has 0 spiro atoms. The van der Waals surface area contributed by atoms with Crippen LogP contribution in [-0.4, -0.2) is 52.8 Å².